The summed E-state index contributed by atoms with van der Waals surface area (Å²) in [6, 6.07) is 21.1. The van der Waals surface area contributed by atoms with Crippen molar-refractivity contribution in [2.45, 2.75) is 18.2 Å². The van der Waals surface area contributed by atoms with Gasteiger partial charge in [0.1, 0.15) is 15.3 Å². The minimum absolute atomic E-state index is 0.124. The number of hydrogen-bond donors (Lipinski definition) is 1. The Morgan fingerprint density at radius 3 is 2.63 bits per heavy atom. The van der Waals surface area contributed by atoms with Gasteiger partial charge in [0.2, 0.25) is 5.91 Å². The van der Waals surface area contributed by atoms with E-state index in [2.05, 4.69) is 10.3 Å². The lowest BCUT2D eigenvalue weighted by Gasteiger charge is -2.13. The highest BCUT2D eigenvalue weighted by Crippen LogP contribution is 2.30. The van der Waals surface area contributed by atoms with Gasteiger partial charge in [0, 0.05) is 18.1 Å². The van der Waals surface area contributed by atoms with Gasteiger partial charge in [-0.25, -0.2) is 9.97 Å². The van der Waals surface area contributed by atoms with Crippen molar-refractivity contribution in [2.75, 3.05) is 12.9 Å². The number of carbonyl (C=O) groups excluding carboxylic acids is 1. The normalized spacial score (nSPS) is 11.1. The van der Waals surface area contributed by atoms with E-state index in [1.54, 1.807) is 17.9 Å². The van der Waals surface area contributed by atoms with Gasteiger partial charge in [-0.3, -0.25) is 14.2 Å². The van der Waals surface area contributed by atoms with Crippen LogP contribution in [0.5, 0.6) is 5.75 Å². The fraction of sp³-hybridized carbons (Fsp3) is 0.154. The maximum atomic E-state index is 13.6. The zero-order valence-electron chi connectivity index (χ0n) is 18.9. The summed E-state index contributed by atoms with van der Waals surface area (Å²) >= 11 is 2.60. The predicted octanol–water partition coefficient (Wildman–Crippen LogP) is 4.47. The van der Waals surface area contributed by atoms with Crippen LogP contribution in [0, 0.1) is 0 Å². The number of ether oxygens (including phenoxy) is 1. The molecular formula is C26H22N4O3S2. The van der Waals surface area contributed by atoms with Crippen molar-refractivity contribution >= 4 is 49.4 Å². The first-order valence-electron chi connectivity index (χ1n) is 11.0. The second kappa shape index (κ2) is 10.3. The zero-order chi connectivity index (χ0) is 24.2. The van der Waals surface area contributed by atoms with E-state index in [0.717, 1.165) is 27.1 Å². The third-order valence-electron chi connectivity index (χ3n) is 5.48. The molecule has 0 spiro atoms. The van der Waals surface area contributed by atoms with Crippen molar-refractivity contribution in [2.24, 2.45) is 0 Å². The summed E-state index contributed by atoms with van der Waals surface area (Å²) in [7, 11) is 1.62. The summed E-state index contributed by atoms with van der Waals surface area (Å²) in [6.45, 7) is 0.785. The van der Waals surface area contributed by atoms with Crippen LogP contribution in [-0.2, 0) is 17.9 Å². The fourth-order valence-corrected chi connectivity index (χ4v) is 5.53. The van der Waals surface area contributed by atoms with Crippen LogP contribution in [0.15, 0.2) is 82.9 Å². The van der Waals surface area contributed by atoms with Gasteiger partial charge in [0.15, 0.2) is 5.16 Å². The SMILES string of the molecule is COc1ccc(Cn2c(SCC(=O)NCc3ccccc3)nc3c(sc4ncccc43)c2=O)cc1. The van der Waals surface area contributed by atoms with Gasteiger partial charge < -0.3 is 10.1 Å². The van der Waals surface area contributed by atoms with Crippen LogP contribution in [0.2, 0.25) is 0 Å². The highest BCUT2D eigenvalue weighted by molar-refractivity contribution is 7.99. The van der Waals surface area contributed by atoms with Crippen molar-refractivity contribution in [3.8, 4) is 5.75 Å². The highest BCUT2D eigenvalue weighted by Gasteiger charge is 2.18. The second-order valence-electron chi connectivity index (χ2n) is 7.82. The number of fused-ring (bicyclic) bond motifs is 3. The molecule has 0 saturated heterocycles. The fourth-order valence-electron chi connectivity index (χ4n) is 3.68. The summed E-state index contributed by atoms with van der Waals surface area (Å²) in [6.07, 6.45) is 1.71. The van der Waals surface area contributed by atoms with E-state index in [0.29, 0.717) is 28.5 Å². The standard InChI is InChI=1S/C26H22N4O3S2/c1-33-19-11-9-18(10-12-19)15-30-25(32)23-22(20-8-5-13-27-24(20)35-23)29-26(30)34-16-21(31)28-14-17-6-3-2-4-7-17/h2-13H,14-16H2,1H3,(H,28,31). The molecule has 0 aliphatic heterocycles. The molecule has 5 rings (SSSR count). The molecule has 3 aromatic heterocycles. The topological polar surface area (TPSA) is 86.1 Å². The molecule has 0 bridgehead atoms. The van der Waals surface area contributed by atoms with Crippen molar-refractivity contribution in [1.29, 1.82) is 0 Å². The molecule has 9 heteroatoms. The number of methoxy groups -OCH3 is 1. The third-order valence-corrected chi connectivity index (χ3v) is 7.55. The van der Waals surface area contributed by atoms with E-state index in [-0.39, 0.29) is 17.2 Å². The Kier molecular flexibility index (Phi) is 6.78. The monoisotopic (exact) mass is 502 g/mol. The summed E-state index contributed by atoms with van der Waals surface area (Å²) in [5.74, 6) is 0.768. The van der Waals surface area contributed by atoms with Gasteiger partial charge in [-0.05, 0) is 35.4 Å². The Bertz CT molecular complexity index is 1550. The molecular weight excluding hydrogens is 480 g/mol. The molecule has 0 radical (unpaired) electrons. The summed E-state index contributed by atoms with van der Waals surface area (Å²) in [5.41, 5.74) is 2.45. The Morgan fingerprint density at radius 1 is 1.06 bits per heavy atom. The first kappa shape index (κ1) is 23.1. The summed E-state index contributed by atoms with van der Waals surface area (Å²) < 4.78 is 7.44. The largest absolute Gasteiger partial charge is 0.497 e. The highest BCUT2D eigenvalue weighted by atomic mass is 32.2. The maximum absolute atomic E-state index is 13.6. The number of aromatic nitrogens is 3. The number of nitrogens with zero attached hydrogens (tertiary/aromatic N) is 3. The van der Waals surface area contributed by atoms with Crippen molar-refractivity contribution < 1.29 is 9.53 Å². The molecule has 7 nitrogen and oxygen atoms in total. The lowest BCUT2D eigenvalue weighted by molar-refractivity contribution is -0.118. The average Bonchev–Trinajstić information content (AvgIpc) is 3.28. The Balaban J connectivity index is 1.45. The number of thiophene rings is 1. The molecule has 3 heterocycles. The van der Waals surface area contributed by atoms with Crippen LogP contribution >= 0.6 is 23.1 Å². The van der Waals surface area contributed by atoms with E-state index in [1.165, 1.54) is 23.1 Å². The quantitative estimate of drug-likeness (QED) is 0.249. The van der Waals surface area contributed by atoms with Gasteiger partial charge >= 0.3 is 0 Å². The van der Waals surface area contributed by atoms with Crippen LogP contribution in [0.1, 0.15) is 11.1 Å². The lowest BCUT2D eigenvalue weighted by atomic mass is 10.2. The second-order valence-corrected chi connectivity index (χ2v) is 9.76. The van der Waals surface area contributed by atoms with Crippen molar-refractivity contribution in [1.82, 2.24) is 19.9 Å². The number of carbonyl (C=O) groups is 1. The van der Waals surface area contributed by atoms with E-state index < -0.39 is 0 Å². The number of nitrogens with one attached hydrogen (secondary N) is 1. The molecule has 2 aromatic carbocycles. The molecule has 0 unspecified atom stereocenters. The average molecular weight is 503 g/mol. The molecule has 35 heavy (non-hydrogen) atoms. The Morgan fingerprint density at radius 2 is 1.86 bits per heavy atom. The Hall–Kier alpha value is -3.69. The van der Waals surface area contributed by atoms with Crippen LogP contribution in [-0.4, -0.2) is 33.3 Å². The van der Waals surface area contributed by atoms with Gasteiger partial charge in [0.05, 0.1) is 24.9 Å². The number of thioether (sulfide) groups is 1. The number of rotatable bonds is 8. The number of benzene rings is 2. The van der Waals surface area contributed by atoms with Gasteiger partial charge in [0.25, 0.3) is 5.56 Å². The van der Waals surface area contributed by atoms with E-state index >= 15 is 0 Å². The van der Waals surface area contributed by atoms with Gasteiger partial charge in [-0.1, -0.05) is 54.2 Å². The van der Waals surface area contributed by atoms with Gasteiger partial charge in [-0.15, -0.1) is 11.3 Å². The lowest BCUT2D eigenvalue weighted by Crippen LogP contribution is -2.26. The number of amides is 1. The molecule has 0 aliphatic rings. The molecule has 0 atom stereocenters. The smallest absolute Gasteiger partial charge is 0.272 e. The minimum atomic E-state index is -0.138. The molecule has 0 aliphatic carbocycles. The van der Waals surface area contributed by atoms with Crippen molar-refractivity contribution in [3.63, 3.8) is 0 Å². The zero-order valence-corrected chi connectivity index (χ0v) is 20.6. The van der Waals surface area contributed by atoms with E-state index in [4.69, 9.17) is 9.72 Å². The first-order chi connectivity index (χ1) is 17.1. The number of hydrogen-bond acceptors (Lipinski definition) is 7. The molecule has 5 aromatic rings. The minimum Gasteiger partial charge on any atom is -0.497 e. The molecule has 1 amide bonds. The molecule has 0 fully saturated rings. The van der Waals surface area contributed by atoms with Crippen LogP contribution in [0.3, 0.4) is 0 Å². The maximum Gasteiger partial charge on any atom is 0.272 e. The van der Waals surface area contributed by atoms with Crippen LogP contribution in [0.4, 0.5) is 0 Å². The van der Waals surface area contributed by atoms with Crippen molar-refractivity contribution in [3.05, 3.63) is 94.4 Å². The predicted molar refractivity (Wildman–Crippen MR) is 140 cm³/mol. The van der Waals surface area contributed by atoms with Crippen LogP contribution in [0.25, 0.3) is 20.4 Å². The Labute approximate surface area is 209 Å². The first-order valence-corrected chi connectivity index (χ1v) is 12.8. The van der Waals surface area contributed by atoms with E-state index in [9.17, 15) is 9.59 Å². The third kappa shape index (κ3) is 5.06. The molecule has 1 N–H and O–H groups in total. The van der Waals surface area contributed by atoms with Crippen LogP contribution < -0.4 is 15.6 Å². The molecule has 0 saturated carbocycles. The van der Waals surface area contributed by atoms with E-state index in [1.807, 2.05) is 66.7 Å². The summed E-state index contributed by atoms with van der Waals surface area (Å²) in [5, 5.41) is 4.27. The molecule has 176 valence electrons. The number of pyridine rings is 1. The van der Waals surface area contributed by atoms with Gasteiger partial charge in [-0.2, -0.15) is 0 Å². The summed E-state index contributed by atoms with van der Waals surface area (Å²) in [4.78, 5) is 36.1.